The number of hydrogen-bond acceptors (Lipinski definition) is 8. The number of nitrogens with one attached hydrogen (secondary N) is 1. The summed E-state index contributed by atoms with van der Waals surface area (Å²) in [6.07, 6.45) is 0. The first kappa shape index (κ1) is 24.2. The Labute approximate surface area is 151 Å². The van der Waals surface area contributed by atoms with E-state index in [9.17, 15) is 8.42 Å². The van der Waals surface area contributed by atoms with Crippen LogP contribution >= 0.6 is 11.6 Å². The number of phenolic OH excluding ortho intramolecular Hbond substituents is 1. The fourth-order valence-corrected chi connectivity index (χ4v) is 1.78. The summed E-state index contributed by atoms with van der Waals surface area (Å²) in [7, 11) is -4.33. The van der Waals surface area contributed by atoms with E-state index in [1.54, 1.807) is 0 Å². The van der Waals surface area contributed by atoms with E-state index in [1.165, 1.54) is 0 Å². The number of nitrogens with two attached hydrogens (primary N) is 1. The third kappa shape index (κ3) is 7.45. The molecular formula is C9H10ClCuN7O5S. The molecule has 0 amide bonds. The molecule has 0 saturated heterocycles. The number of nitrogen functional groups attached to an aromatic ring is 1. The van der Waals surface area contributed by atoms with E-state index < -0.39 is 15.0 Å². The molecule has 0 aliphatic rings. The fourth-order valence-electron chi connectivity index (χ4n) is 1.11. The van der Waals surface area contributed by atoms with Crippen LogP contribution in [0.2, 0.25) is 5.28 Å². The van der Waals surface area contributed by atoms with Gasteiger partial charge in [0.15, 0.2) is 5.28 Å². The van der Waals surface area contributed by atoms with Crippen LogP contribution in [0.4, 0.5) is 17.6 Å². The molecule has 0 aliphatic heterocycles. The summed E-state index contributed by atoms with van der Waals surface area (Å²) >= 11 is 5.29. The zero-order chi connectivity index (χ0) is 16.9. The SMILES string of the molecule is O.[Cu+2].[N-]=Nc1cc(S(=O)(=O)O)ccc1O.[NH-]c1nc(N)nc(Cl)n1. The van der Waals surface area contributed by atoms with Crippen molar-refractivity contribution in [1.82, 2.24) is 15.0 Å². The van der Waals surface area contributed by atoms with E-state index in [2.05, 4.69) is 20.1 Å². The average molecular weight is 427 g/mol. The zero-order valence-electron chi connectivity index (χ0n) is 11.3. The molecule has 7 N–H and O–H groups in total. The van der Waals surface area contributed by atoms with Crippen LogP contribution in [-0.4, -0.2) is 38.5 Å². The molecule has 135 valence electrons. The number of aromatic hydroxyl groups is 1. The van der Waals surface area contributed by atoms with Gasteiger partial charge in [-0.25, -0.2) is 4.98 Å². The molecule has 0 bridgehead atoms. The van der Waals surface area contributed by atoms with Crippen LogP contribution in [0.5, 0.6) is 5.75 Å². The first-order valence-electron chi connectivity index (χ1n) is 5.17. The zero-order valence-corrected chi connectivity index (χ0v) is 13.9. The van der Waals surface area contributed by atoms with Gasteiger partial charge in [-0.3, -0.25) is 4.55 Å². The molecular weight excluding hydrogens is 417 g/mol. The number of aromatic nitrogens is 3. The van der Waals surface area contributed by atoms with Crippen LogP contribution in [0, 0.1) is 0 Å². The number of phenols is 1. The minimum atomic E-state index is -4.33. The van der Waals surface area contributed by atoms with Gasteiger partial charge in [0, 0.05) is 5.95 Å². The summed E-state index contributed by atoms with van der Waals surface area (Å²) in [6.45, 7) is 0. The third-order valence-corrected chi connectivity index (χ3v) is 3.00. The predicted molar refractivity (Wildman–Crippen MR) is 80.2 cm³/mol. The smallest absolute Gasteiger partial charge is 0.706 e. The maximum atomic E-state index is 10.6. The minimum absolute atomic E-state index is 0. The summed E-state index contributed by atoms with van der Waals surface area (Å²) in [5, 5.41) is 11.5. The van der Waals surface area contributed by atoms with Crippen molar-refractivity contribution in [2.75, 3.05) is 5.73 Å². The summed E-state index contributed by atoms with van der Waals surface area (Å²) in [6, 6.07) is 2.82. The van der Waals surface area contributed by atoms with Gasteiger partial charge >= 0.3 is 17.1 Å². The molecule has 0 atom stereocenters. The van der Waals surface area contributed by atoms with Crippen LogP contribution < -0.4 is 5.73 Å². The van der Waals surface area contributed by atoms with Crippen LogP contribution in [0.25, 0.3) is 11.3 Å². The quantitative estimate of drug-likeness (QED) is 0.358. The van der Waals surface area contributed by atoms with Gasteiger partial charge in [-0.15, -0.1) is 0 Å². The van der Waals surface area contributed by atoms with Crippen LogP contribution in [0.1, 0.15) is 0 Å². The van der Waals surface area contributed by atoms with Crippen molar-refractivity contribution in [1.29, 1.82) is 0 Å². The van der Waals surface area contributed by atoms with E-state index in [1.807, 2.05) is 0 Å². The molecule has 1 aromatic heterocycles. The van der Waals surface area contributed by atoms with Gasteiger partial charge in [-0.2, -0.15) is 8.42 Å². The molecule has 1 radical (unpaired) electrons. The van der Waals surface area contributed by atoms with Crippen molar-refractivity contribution >= 4 is 39.3 Å². The molecule has 0 fully saturated rings. The Bertz CT molecular complexity index is 756. The standard InChI is InChI=1S/C6H5N2O4S.C3H3ClN5.Cu.H2O/c7-8-5-3-4(13(10,11)12)1-2-6(5)9;4-1-7-2(5)9-3(6)8-1;;/h1-3,9H,(H,10,11,12);(H3-,5,6,7,8,9);;1H2/q2*-1;+2;. The second-order valence-electron chi connectivity index (χ2n) is 3.51. The molecule has 1 aromatic carbocycles. The van der Waals surface area contributed by atoms with E-state index in [4.69, 9.17) is 38.3 Å². The van der Waals surface area contributed by atoms with E-state index >= 15 is 0 Å². The van der Waals surface area contributed by atoms with Crippen LogP contribution in [0.3, 0.4) is 0 Å². The number of hydrogen-bond donors (Lipinski definition) is 3. The van der Waals surface area contributed by atoms with E-state index in [0.717, 1.165) is 18.2 Å². The molecule has 24 heavy (non-hydrogen) atoms. The van der Waals surface area contributed by atoms with Gasteiger partial charge in [0.2, 0.25) is 0 Å². The van der Waals surface area contributed by atoms with Crippen molar-refractivity contribution in [3.8, 4) is 5.75 Å². The fraction of sp³-hybridized carbons (Fsp3) is 0. The van der Waals surface area contributed by atoms with Crippen LogP contribution in [0.15, 0.2) is 28.2 Å². The number of rotatable bonds is 2. The molecule has 0 unspecified atom stereocenters. The van der Waals surface area contributed by atoms with Gasteiger partial charge in [-0.05, 0) is 18.2 Å². The average Bonchev–Trinajstić information content (AvgIpc) is 2.36. The monoisotopic (exact) mass is 426 g/mol. The largest absolute Gasteiger partial charge is 2.00 e. The van der Waals surface area contributed by atoms with Crippen molar-refractivity contribution in [2.24, 2.45) is 5.11 Å². The Morgan fingerprint density at radius 1 is 1.29 bits per heavy atom. The van der Waals surface area contributed by atoms with Crippen molar-refractivity contribution in [3.05, 3.63) is 34.7 Å². The van der Waals surface area contributed by atoms with Crippen molar-refractivity contribution < 1.29 is 40.6 Å². The first-order chi connectivity index (χ1) is 10.1. The van der Waals surface area contributed by atoms with E-state index in [-0.39, 0.29) is 51.2 Å². The Hall–Kier alpha value is -2.09. The maximum Gasteiger partial charge on any atom is 2.00 e. The van der Waals surface area contributed by atoms with Crippen molar-refractivity contribution in [2.45, 2.75) is 4.90 Å². The Balaban J connectivity index is 0. The number of halogens is 1. The molecule has 0 saturated carbocycles. The first-order valence-corrected chi connectivity index (χ1v) is 6.99. The molecule has 1 heterocycles. The number of nitrogens with zero attached hydrogens (tertiary/aromatic N) is 5. The molecule has 2 rings (SSSR count). The summed E-state index contributed by atoms with van der Waals surface area (Å²) in [5.74, 6) is -0.623. The number of benzene rings is 1. The van der Waals surface area contributed by atoms with Gasteiger partial charge < -0.3 is 42.7 Å². The van der Waals surface area contributed by atoms with Gasteiger partial charge in [0.05, 0.1) is 10.6 Å². The Kier molecular flexibility index (Phi) is 9.99. The molecule has 0 aliphatic carbocycles. The normalized spacial score (nSPS) is 9.58. The maximum absolute atomic E-state index is 10.6. The number of anilines is 1. The van der Waals surface area contributed by atoms with Crippen molar-refractivity contribution in [3.63, 3.8) is 0 Å². The van der Waals surface area contributed by atoms with Gasteiger partial charge in [0.25, 0.3) is 10.1 Å². The Morgan fingerprint density at radius 2 is 1.88 bits per heavy atom. The van der Waals surface area contributed by atoms with Gasteiger partial charge in [-0.1, -0.05) is 11.6 Å². The van der Waals surface area contributed by atoms with Gasteiger partial charge in [0.1, 0.15) is 11.7 Å². The van der Waals surface area contributed by atoms with E-state index in [0.29, 0.717) is 0 Å². The molecule has 2 aromatic rings. The van der Waals surface area contributed by atoms with Crippen LogP contribution in [-0.2, 0) is 27.2 Å². The summed E-state index contributed by atoms with van der Waals surface area (Å²) in [4.78, 5) is 9.73. The molecule has 12 nitrogen and oxygen atoms in total. The second-order valence-corrected chi connectivity index (χ2v) is 5.27. The predicted octanol–water partition coefficient (Wildman–Crippen LogP) is 1.26. The topological polar surface area (TPSA) is 229 Å². The molecule has 0 spiro atoms. The third-order valence-electron chi connectivity index (χ3n) is 1.98. The summed E-state index contributed by atoms with van der Waals surface area (Å²) in [5.41, 5.74) is 19.9. The summed E-state index contributed by atoms with van der Waals surface area (Å²) < 4.78 is 29.7. The minimum Gasteiger partial charge on any atom is -0.706 e. The molecule has 15 heteroatoms. The Morgan fingerprint density at radius 3 is 2.29 bits per heavy atom. The second kappa shape index (κ2) is 9.92.